The lowest BCUT2D eigenvalue weighted by Crippen LogP contribution is -2.30. The van der Waals surface area contributed by atoms with Crippen LogP contribution >= 0.6 is 0 Å². The van der Waals surface area contributed by atoms with Crippen LogP contribution in [-0.4, -0.2) is 42.0 Å². The van der Waals surface area contributed by atoms with Crippen molar-refractivity contribution in [3.05, 3.63) is 65.7 Å². The summed E-state index contributed by atoms with van der Waals surface area (Å²) in [4.78, 5) is 15.1. The van der Waals surface area contributed by atoms with E-state index in [0.29, 0.717) is 24.6 Å². The molecule has 1 fully saturated rings. The second kappa shape index (κ2) is 7.48. The maximum Gasteiger partial charge on any atom is 0.254 e. The molecule has 3 aromatic rings. The van der Waals surface area contributed by atoms with E-state index in [9.17, 15) is 9.90 Å². The van der Waals surface area contributed by atoms with Crippen LogP contribution in [0.25, 0.3) is 5.69 Å². The van der Waals surface area contributed by atoms with Gasteiger partial charge in [0.25, 0.3) is 5.91 Å². The van der Waals surface area contributed by atoms with Gasteiger partial charge in [-0.3, -0.25) is 9.48 Å². The first kappa shape index (κ1) is 18.1. The van der Waals surface area contributed by atoms with Crippen LogP contribution in [0.1, 0.15) is 53.5 Å². The van der Waals surface area contributed by atoms with Crippen LogP contribution in [0.15, 0.2) is 48.8 Å². The molecule has 3 heterocycles. The van der Waals surface area contributed by atoms with Crippen LogP contribution in [0, 0.1) is 5.92 Å². The fourth-order valence-electron chi connectivity index (χ4n) is 4.19. The number of carbonyl (C=O) groups excluding carboxylic acids is 1. The minimum absolute atomic E-state index is 0.00903. The van der Waals surface area contributed by atoms with Crippen molar-refractivity contribution < 1.29 is 9.90 Å². The molecule has 0 saturated heterocycles. The van der Waals surface area contributed by atoms with E-state index >= 15 is 0 Å². The molecular weight excluding hydrogens is 366 g/mol. The first-order chi connectivity index (χ1) is 14.2. The van der Waals surface area contributed by atoms with Crippen molar-refractivity contribution in [2.75, 3.05) is 6.54 Å². The molecule has 150 valence electrons. The molecule has 1 atom stereocenters. The molecule has 1 N–H and O–H groups in total. The molecular formula is C22H25N5O2. The number of amides is 1. The average Bonchev–Trinajstić information content (AvgIpc) is 3.33. The van der Waals surface area contributed by atoms with Crippen LogP contribution in [0.2, 0.25) is 0 Å². The molecule has 0 unspecified atom stereocenters. The number of aliphatic hydroxyl groups is 1. The molecule has 2 aliphatic rings. The average molecular weight is 391 g/mol. The Labute approximate surface area is 169 Å². The van der Waals surface area contributed by atoms with Gasteiger partial charge in [0, 0.05) is 31.0 Å². The van der Waals surface area contributed by atoms with Crippen LogP contribution in [0.3, 0.4) is 0 Å². The van der Waals surface area contributed by atoms with Gasteiger partial charge in [-0.1, -0.05) is 12.5 Å². The van der Waals surface area contributed by atoms with Gasteiger partial charge in [-0.2, -0.15) is 10.2 Å². The molecule has 1 saturated carbocycles. The molecule has 1 aliphatic carbocycles. The Hall–Kier alpha value is -2.93. The molecule has 1 aromatic carbocycles. The third kappa shape index (κ3) is 3.46. The predicted molar refractivity (Wildman–Crippen MR) is 107 cm³/mol. The summed E-state index contributed by atoms with van der Waals surface area (Å²) in [6.45, 7) is 1.97. The molecule has 7 nitrogen and oxygen atoms in total. The number of nitrogens with zero attached hydrogens (tertiary/aromatic N) is 5. The molecule has 2 aromatic heterocycles. The number of aromatic nitrogens is 4. The van der Waals surface area contributed by atoms with E-state index in [2.05, 4.69) is 10.2 Å². The van der Waals surface area contributed by atoms with Crippen molar-refractivity contribution in [2.45, 2.75) is 44.9 Å². The summed E-state index contributed by atoms with van der Waals surface area (Å²) in [5.41, 5.74) is 3.26. The highest BCUT2D eigenvalue weighted by Crippen LogP contribution is 2.37. The van der Waals surface area contributed by atoms with Gasteiger partial charge in [-0.15, -0.1) is 0 Å². The summed E-state index contributed by atoms with van der Waals surface area (Å²) in [5, 5.41) is 19.5. The maximum absolute atomic E-state index is 13.2. The second-order valence-electron chi connectivity index (χ2n) is 8.00. The predicted octanol–water partition coefficient (Wildman–Crippen LogP) is 2.95. The summed E-state index contributed by atoms with van der Waals surface area (Å²) in [5.74, 6) is 0.339. The lowest BCUT2D eigenvalue weighted by molar-refractivity contribution is 0.0580. The Morgan fingerprint density at radius 3 is 2.79 bits per heavy atom. The van der Waals surface area contributed by atoms with Gasteiger partial charge >= 0.3 is 0 Å². The Morgan fingerprint density at radius 2 is 2.03 bits per heavy atom. The number of fused-ring (bicyclic) bond motifs is 1. The number of aryl methyl sites for hydroxylation is 1. The molecule has 7 heteroatoms. The quantitative estimate of drug-likeness (QED) is 0.742. The van der Waals surface area contributed by atoms with Gasteiger partial charge in [-0.25, -0.2) is 4.68 Å². The smallest absolute Gasteiger partial charge is 0.254 e. The molecule has 29 heavy (non-hydrogen) atoms. The van der Waals surface area contributed by atoms with E-state index in [1.165, 1.54) is 6.42 Å². The van der Waals surface area contributed by atoms with Gasteiger partial charge in [0.05, 0.1) is 23.6 Å². The number of carbonyl (C=O) groups is 1. The van der Waals surface area contributed by atoms with Crippen LogP contribution in [0.5, 0.6) is 0 Å². The largest absolute Gasteiger partial charge is 0.386 e. The lowest BCUT2D eigenvalue weighted by Gasteiger charge is -2.29. The summed E-state index contributed by atoms with van der Waals surface area (Å²) in [6, 6.07) is 11.4. The highest BCUT2D eigenvalue weighted by atomic mass is 16.3. The van der Waals surface area contributed by atoms with E-state index < -0.39 is 6.10 Å². The monoisotopic (exact) mass is 391 g/mol. The lowest BCUT2D eigenvalue weighted by atomic mass is 9.80. The van der Waals surface area contributed by atoms with Gasteiger partial charge in [0.15, 0.2) is 0 Å². The normalized spacial score (nSPS) is 18.0. The van der Waals surface area contributed by atoms with Gasteiger partial charge in [-0.05, 0) is 55.5 Å². The van der Waals surface area contributed by atoms with E-state index in [1.54, 1.807) is 10.9 Å². The van der Waals surface area contributed by atoms with E-state index in [-0.39, 0.29) is 5.91 Å². The van der Waals surface area contributed by atoms with Crippen LogP contribution in [0.4, 0.5) is 0 Å². The number of benzene rings is 1. The fourth-order valence-corrected chi connectivity index (χ4v) is 4.19. The zero-order valence-corrected chi connectivity index (χ0v) is 16.3. The topological polar surface area (TPSA) is 76.2 Å². The van der Waals surface area contributed by atoms with E-state index in [4.69, 9.17) is 0 Å². The highest BCUT2D eigenvalue weighted by Gasteiger charge is 2.30. The van der Waals surface area contributed by atoms with E-state index in [1.807, 2.05) is 52.2 Å². The zero-order chi connectivity index (χ0) is 19.8. The summed E-state index contributed by atoms with van der Waals surface area (Å²) < 4.78 is 3.72. The number of hydrogen-bond acceptors (Lipinski definition) is 4. The summed E-state index contributed by atoms with van der Waals surface area (Å²) in [6.07, 6.45) is 7.27. The summed E-state index contributed by atoms with van der Waals surface area (Å²) in [7, 11) is 0. The standard InChI is InChI=1S/C22H25N5O2/c28-21(16-5-1-6-16)20-14-19-15-25(10-4-12-27(19)24-20)22(29)17-7-2-8-18(13-17)26-11-3-9-23-26/h2-3,7-9,11,13-14,16,21,28H,1,4-6,10,12,15H2/t21-/m0/s1. The van der Waals surface area contributed by atoms with Crippen molar-refractivity contribution >= 4 is 5.91 Å². The minimum Gasteiger partial charge on any atom is -0.386 e. The number of aliphatic hydroxyl groups excluding tert-OH is 1. The van der Waals surface area contributed by atoms with Crippen molar-refractivity contribution in [1.29, 1.82) is 0 Å². The Kier molecular flexibility index (Phi) is 4.67. The SMILES string of the molecule is O=C(c1cccc(-n2cccn2)c1)N1CCCn2nc([C@@H](O)C3CCC3)cc2C1. The molecule has 0 spiro atoms. The molecule has 1 aliphatic heterocycles. The first-order valence-electron chi connectivity index (χ1n) is 10.3. The van der Waals surface area contributed by atoms with Crippen molar-refractivity contribution in [3.63, 3.8) is 0 Å². The maximum atomic E-state index is 13.2. The number of rotatable bonds is 4. The third-order valence-electron chi connectivity index (χ3n) is 6.08. The first-order valence-corrected chi connectivity index (χ1v) is 10.3. The van der Waals surface area contributed by atoms with Crippen LogP contribution in [-0.2, 0) is 13.1 Å². The highest BCUT2D eigenvalue weighted by molar-refractivity contribution is 5.94. The van der Waals surface area contributed by atoms with Crippen molar-refractivity contribution in [3.8, 4) is 5.69 Å². The van der Waals surface area contributed by atoms with Gasteiger partial charge in [0.1, 0.15) is 6.10 Å². The number of hydrogen-bond donors (Lipinski definition) is 1. The Morgan fingerprint density at radius 1 is 1.14 bits per heavy atom. The molecule has 0 bridgehead atoms. The summed E-state index contributed by atoms with van der Waals surface area (Å²) >= 11 is 0. The van der Waals surface area contributed by atoms with Gasteiger partial charge in [0.2, 0.25) is 0 Å². The van der Waals surface area contributed by atoms with E-state index in [0.717, 1.165) is 42.9 Å². The third-order valence-corrected chi connectivity index (χ3v) is 6.08. The fraction of sp³-hybridized carbons (Fsp3) is 0.409. The second-order valence-corrected chi connectivity index (χ2v) is 8.00. The van der Waals surface area contributed by atoms with Crippen LogP contribution < -0.4 is 0 Å². The Balaban J connectivity index is 1.36. The molecule has 0 radical (unpaired) electrons. The van der Waals surface area contributed by atoms with Crippen molar-refractivity contribution in [2.24, 2.45) is 5.92 Å². The van der Waals surface area contributed by atoms with Crippen molar-refractivity contribution in [1.82, 2.24) is 24.5 Å². The molecule has 1 amide bonds. The molecule has 5 rings (SSSR count). The zero-order valence-electron chi connectivity index (χ0n) is 16.3. The van der Waals surface area contributed by atoms with Gasteiger partial charge < -0.3 is 10.0 Å². The minimum atomic E-state index is -0.488. The Bertz CT molecular complexity index is 1010.